The number of rotatable bonds is 15. The molecule has 0 heterocycles. The van der Waals surface area contributed by atoms with Gasteiger partial charge in [0.15, 0.2) is 0 Å². The van der Waals surface area contributed by atoms with Gasteiger partial charge in [-0.3, -0.25) is 4.55 Å². The van der Waals surface area contributed by atoms with E-state index in [2.05, 4.69) is 6.92 Å². The Morgan fingerprint density at radius 3 is 1.77 bits per heavy atom. The molecule has 196 valence electrons. The van der Waals surface area contributed by atoms with Gasteiger partial charge in [-0.25, -0.2) is 8.42 Å². The third-order valence-electron chi connectivity index (χ3n) is 6.36. The van der Waals surface area contributed by atoms with E-state index in [0.717, 1.165) is 24.8 Å². The fourth-order valence-corrected chi connectivity index (χ4v) is 7.47. The lowest BCUT2D eigenvalue weighted by molar-refractivity contribution is 0.479. The summed E-state index contributed by atoms with van der Waals surface area (Å²) in [6.07, 6.45) is 12.6. The van der Waals surface area contributed by atoms with Crippen molar-refractivity contribution in [2.45, 2.75) is 112 Å². The molecule has 0 amide bonds. The summed E-state index contributed by atoms with van der Waals surface area (Å²) in [6.45, 7) is 5.90. The molecule has 35 heavy (non-hydrogen) atoms. The number of benzene rings is 2. The van der Waals surface area contributed by atoms with Crippen LogP contribution in [0.25, 0.3) is 0 Å². The lowest BCUT2D eigenvalue weighted by atomic mass is 9.93. The summed E-state index contributed by atoms with van der Waals surface area (Å²) in [5.41, 5.74) is 7.36. The Hall–Kier alpha value is -1.90. The number of anilines is 1. The Morgan fingerprint density at radius 1 is 0.771 bits per heavy atom. The molecule has 0 aliphatic heterocycles. The molecule has 0 spiro atoms. The Bertz CT molecular complexity index is 1150. The summed E-state index contributed by atoms with van der Waals surface area (Å²) in [5, 5.41) is 0. The summed E-state index contributed by atoms with van der Waals surface area (Å²) in [6, 6.07) is 8.51. The number of aryl methyl sites for hydroxylation is 1. The monoisotopic (exact) mass is 523 g/mol. The van der Waals surface area contributed by atoms with Crippen molar-refractivity contribution in [1.82, 2.24) is 0 Å². The Balaban J connectivity index is 2.26. The van der Waals surface area contributed by atoms with Crippen molar-refractivity contribution in [1.29, 1.82) is 0 Å². The van der Waals surface area contributed by atoms with Crippen LogP contribution in [0.2, 0.25) is 0 Å². The van der Waals surface area contributed by atoms with Gasteiger partial charge in [0.2, 0.25) is 9.84 Å². The lowest BCUT2D eigenvalue weighted by Gasteiger charge is -2.21. The van der Waals surface area contributed by atoms with Gasteiger partial charge in [0.1, 0.15) is 4.90 Å². The second-order valence-electron chi connectivity index (χ2n) is 9.60. The first kappa shape index (κ1) is 29.3. The average molecular weight is 524 g/mol. The molecular formula is C27H41NO5S2. The standard InChI is InChI=1S/C27H41NO5S2/c1-4-5-6-7-8-9-10-11-12-13-14-22-15-20-25(35(31,32)33)27(26(22)21(2)3)34(29,30)24-18-16-23(28)17-19-24/h15-21H,4-14,28H2,1-3H3,(H,31,32,33). The van der Waals surface area contributed by atoms with Gasteiger partial charge in [0.25, 0.3) is 10.1 Å². The molecule has 2 aromatic carbocycles. The van der Waals surface area contributed by atoms with E-state index in [0.29, 0.717) is 17.7 Å². The van der Waals surface area contributed by atoms with Crippen LogP contribution in [-0.2, 0) is 26.4 Å². The SMILES string of the molecule is CCCCCCCCCCCCc1ccc(S(=O)(=O)O)c(S(=O)(=O)c2ccc(N)cc2)c1C(C)C. The first-order valence-electron chi connectivity index (χ1n) is 12.7. The van der Waals surface area contributed by atoms with Crippen LogP contribution in [0.15, 0.2) is 51.1 Å². The van der Waals surface area contributed by atoms with Crippen molar-refractivity contribution in [3.05, 3.63) is 47.5 Å². The molecule has 6 nitrogen and oxygen atoms in total. The minimum atomic E-state index is -4.75. The number of nitrogens with two attached hydrogens (primary N) is 1. The van der Waals surface area contributed by atoms with Gasteiger partial charge in [-0.2, -0.15) is 8.42 Å². The first-order chi connectivity index (χ1) is 16.5. The van der Waals surface area contributed by atoms with E-state index in [9.17, 15) is 21.4 Å². The molecule has 0 saturated carbocycles. The number of sulfone groups is 1. The third-order valence-corrected chi connectivity index (χ3v) is 9.26. The fourth-order valence-electron chi connectivity index (χ4n) is 4.52. The lowest BCUT2D eigenvalue weighted by Crippen LogP contribution is -2.15. The predicted octanol–water partition coefficient (Wildman–Crippen LogP) is 6.94. The molecule has 0 fully saturated rings. The summed E-state index contributed by atoms with van der Waals surface area (Å²) < 4.78 is 61.5. The molecule has 2 aromatic rings. The zero-order valence-electron chi connectivity index (χ0n) is 21.3. The summed E-state index contributed by atoms with van der Waals surface area (Å²) >= 11 is 0. The molecule has 0 bridgehead atoms. The normalized spacial score (nSPS) is 12.4. The third kappa shape index (κ3) is 8.33. The average Bonchev–Trinajstić information content (AvgIpc) is 2.79. The maximum absolute atomic E-state index is 13.6. The van der Waals surface area contributed by atoms with Gasteiger partial charge >= 0.3 is 0 Å². The second kappa shape index (κ2) is 13.4. The smallest absolute Gasteiger partial charge is 0.295 e. The minimum Gasteiger partial charge on any atom is -0.399 e. The maximum atomic E-state index is 13.6. The second-order valence-corrected chi connectivity index (χ2v) is 12.9. The Labute approximate surface area is 212 Å². The molecule has 8 heteroatoms. The van der Waals surface area contributed by atoms with Crippen LogP contribution in [0.5, 0.6) is 0 Å². The van der Waals surface area contributed by atoms with E-state index in [1.807, 2.05) is 13.8 Å². The van der Waals surface area contributed by atoms with E-state index >= 15 is 0 Å². The van der Waals surface area contributed by atoms with Crippen LogP contribution in [-0.4, -0.2) is 21.4 Å². The molecule has 0 unspecified atom stereocenters. The zero-order valence-corrected chi connectivity index (χ0v) is 22.9. The van der Waals surface area contributed by atoms with Crippen molar-refractivity contribution in [2.75, 3.05) is 5.73 Å². The van der Waals surface area contributed by atoms with E-state index in [1.165, 1.54) is 75.3 Å². The summed E-state index contributed by atoms with van der Waals surface area (Å²) in [7, 11) is -8.97. The molecule has 0 atom stereocenters. The Morgan fingerprint density at radius 2 is 1.29 bits per heavy atom. The van der Waals surface area contributed by atoms with Gasteiger partial charge < -0.3 is 5.73 Å². The molecule has 0 aliphatic rings. The highest BCUT2D eigenvalue weighted by molar-refractivity contribution is 7.93. The first-order valence-corrected chi connectivity index (χ1v) is 15.7. The van der Waals surface area contributed by atoms with Crippen LogP contribution in [0.1, 0.15) is 102 Å². The summed E-state index contributed by atoms with van der Waals surface area (Å²) in [4.78, 5) is -0.969. The molecular weight excluding hydrogens is 482 g/mol. The molecule has 0 saturated heterocycles. The van der Waals surface area contributed by atoms with Gasteiger partial charge in [-0.15, -0.1) is 0 Å². The number of hydrogen-bond acceptors (Lipinski definition) is 5. The molecule has 2 rings (SSSR count). The number of nitrogen functional groups attached to an aromatic ring is 1. The van der Waals surface area contributed by atoms with E-state index < -0.39 is 24.9 Å². The minimum absolute atomic E-state index is 0.0606. The highest BCUT2D eigenvalue weighted by Gasteiger charge is 2.32. The van der Waals surface area contributed by atoms with Gasteiger partial charge in [-0.1, -0.05) is 84.6 Å². The molecule has 0 aliphatic carbocycles. The van der Waals surface area contributed by atoms with Crippen LogP contribution >= 0.6 is 0 Å². The highest BCUT2D eigenvalue weighted by atomic mass is 32.2. The van der Waals surface area contributed by atoms with Crippen molar-refractivity contribution in [3.8, 4) is 0 Å². The zero-order chi connectivity index (χ0) is 26.1. The Kier molecular flexibility index (Phi) is 11.2. The molecule has 0 aromatic heterocycles. The van der Waals surface area contributed by atoms with Crippen LogP contribution < -0.4 is 5.73 Å². The quantitative estimate of drug-likeness (QED) is 0.148. The van der Waals surface area contributed by atoms with Crippen LogP contribution in [0.4, 0.5) is 5.69 Å². The van der Waals surface area contributed by atoms with E-state index in [1.54, 1.807) is 6.07 Å². The predicted molar refractivity (Wildman–Crippen MR) is 142 cm³/mol. The van der Waals surface area contributed by atoms with Crippen molar-refractivity contribution in [2.24, 2.45) is 0 Å². The fraction of sp³-hybridized carbons (Fsp3) is 0.556. The topological polar surface area (TPSA) is 115 Å². The number of hydrogen-bond donors (Lipinski definition) is 2. The highest BCUT2D eigenvalue weighted by Crippen LogP contribution is 2.37. The van der Waals surface area contributed by atoms with E-state index in [-0.39, 0.29) is 15.7 Å². The van der Waals surface area contributed by atoms with Crippen molar-refractivity contribution >= 4 is 25.6 Å². The summed E-state index contributed by atoms with van der Waals surface area (Å²) in [5.74, 6) is -0.256. The van der Waals surface area contributed by atoms with Gasteiger partial charge in [0.05, 0.1) is 9.79 Å². The maximum Gasteiger partial charge on any atom is 0.295 e. The van der Waals surface area contributed by atoms with Gasteiger partial charge in [-0.05, 0) is 60.2 Å². The largest absolute Gasteiger partial charge is 0.399 e. The van der Waals surface area contributed by atoms with Gasteiger partial charge in [0, 0.05) is 5.69 Å². The van der Waals surface area contributed by atoms with Crippen LogP contribution in [0, 0.1) is 0 Å². The molecule has 3 N–H and O–H groups in total. The molecule has 0 radical (unpaired) electrons. The van der Waals surface area contributed by atoms with Crippen LogP contribution in [0.3, 0.4) is 0 Å². The number of unbranched alkanes of at least 4 members (excludes halogenated alkanes) is 9. The van der Waals surface area contributed by atoms with Crippen molar-refractivity contribution < 1.29 is 21.4 Å². The van der Waals surface area contributed by atoms with E-state index in [4.69, 9.17) is 5.73 Å². The van der Waals surface area contributed by atoms with Crippen molar-refractivity contribution in [3.63, 3.8) is 0 Å².